The topological polar surface area (TPSA) is 163 Å². The summed E-state index contributed by atoms with van der Waals surface area (Å²) in [4.78, 5) is 21.8. The molecular weight excluding hydrogens is 529 g/mol. The van der Waals surface area contributed by atoms with Crippen LogP contribution in [-0.4, -0.2) is 54.3 Å². The molecule has 1 aromatic carbocycles. The van der Waals surface area contributed by atoms with Gasteiger partial charge in [-0.3, -0.25) is 4.98 Å². The predicted octanol–water partition coefficient (Wildman–Crippen LogP) is 4.31. The highest BCUT2D eigenvalue weighted by molar-refractivity contribution is 5.67. The molecule has 13 heteroatoms. The second kappa shape index (κ2) is 12.4. The van der Waals surface area contributed by atoms with Crippen LogP contribution in [0.5, 0.6) is 0 Å². The molecule has 3 heterocycles. The van der Waals surface area contributed by atoms with Gasteiger partial charge in [-0.2, -0.15) is 15.5 Å². The maximum Gasteiger partial charge on any atom is 0.405 e. The van der Waals surface area contributed by atoms with E-state index in [0.717, 1.165) is 18.1 Å². The fourth-order valence-corrected chi connectivity index (χ4v) is 4.84. The van der Waals surface area contributed by atoms with E-state index in [1.807, 2.05) is 43.3 Å². The summed E-state index contributed by atoms with van der Waals surface area (Å²) in [7, 11) is 0. The SMILES string of the molecule is Cc1ncc(Nc2nc(NC3CCCC(OCc4ccccc4)C3NC(=O)O)c(F)cc2C#N)cc1-n1nccn1. The summed E-state index contributed by atoms with van der Waals surface area (Å²) < 4.78 is 21.3. The van der Waals surface area contributed by atoms with E-state index in [9.17, 15) is 15.2 Å². The van der Waals surface area contributed by atoms with Crippen LogP contribution in [0.1, 0.15) is 36.1 Å². The smallest absolute Gasteiger partial charge is 0.405 e. The minimum absolute atomic E-state index is 0.0136. The first-order chi connectivity index (χ1) is 19.9. The molecule has 0 radical (unpaired) electrons. The lowest BCUT2D eigenvalue weighted by molar-refractivity contribution is -0.00796. The summed E-state index contributed by atoms with van der Waals surface area (Å²) in [6.45, 7) is 2.12. The molecule has 3 atom stereocenters. The molecule has 3 unspecified atom stereocenters. The van der Waals surface area contributed by atoms with Crippen molar-refractivity contribution >= 4 is 23.4 Å². The molecule has 210 valence electrons. The molecule has 0 bridgehead atoms. The van der Waals surface area contributed by atoms with E-state index in [4.69, 9.17) is 4.74 Å². The predicted molar refractivity (Wildman–Crippen MR) is 147 cm³/mol. The summed E-state index contributed by atoms with van der Waals surface area (Å²) in [6, 6.07) is 13.2. The Morgan fingerprint density at radius 3 is 2.71 bits per heavy atom. The van der Waals surface area contributed by atoms with Crippen LogP contribution in [-0.2, 0) is 11.3 Å². The van der Waals surface area contributed by atoms with Crippen molar-refractivity contribution in [2.45, 2.75) is 51.0 Å². The van der Waals surface area contributed by atoms with Crippen molar-refractivity contribution in [1.29, 1.82) is 5.26 Å². The Labute approximate surface area is 235 Å². The second-order valence-electron chi connectivity index (χ2n) is 9.59. The molecule has 1 aliphatic carbocycles. The van der Waals surface area contributed by atoms with Crippen LogP contribution < -0.4 is 16.0 Å². The van der Waals surface area contributed by atoms with Crippen molar-refractivity contribution in [1.82, 2.24) is 30.3 Å². The first kappa shape index (κ1) is 27.5. The molecule has 1 saturated carbocycles. The third-order valence-corrected chi connectivity index (χ3v) is 6.81. The fraction of sp³-hybridized carbons (Fsp3) is 0.286. The Morgan fingerprint density at radius 2 is 1.98 bits per heavy atom. The van der Waals surface area contributed by atoms with E-state index >= 15 is 4.39 Å². The minimum Gasteiger partial charge on any atom is -0.465 e. The van der Waals surface area contributed by atoms with Gasteiger partial charge in [-0.1, -0.05) is 30.3 Å². The summed E-state index contributed by atoms with van der Waals surface area (Å²) in [5.41, 5.74) is 2.73. The van der Waals surface area contributed by atoms with E-state index in [0.29, 0.717) is 36.5 Å². The maximum atomic E-state index is 15.2. The van der Waals surface area contributed by atoms with Crippen molar-refractivity contribution in [3.05, 3.63) is 83.7 Å². The van der Waals surface area contributed by atoms with Crippen LogP contribution in [0.25, 0.3) is 5.69 Å². The van der Waals surface area contributed by atoms with Gasteiger partial charge in [0.05, 0.1) is 60.3 Å². The zero-order valence-corrected chi connectivity index (χ0v) is 22.2. The molecule has 1 fully saturated rings. The van der Waals surface area contributed by atoms with Crippen molar-refractivity contribution in [3.63, 3.8) is 0 Å². The quantitative estimate of drug-likeness (QED) is 0.233. The number of pyridine rings is 2. The number of benzene rings is 1. The van der Waals surface area contributed by atoms with Crippen LogP contribution in [0.3, 0.4) is 0 Å². The number of hydrogen-bond donors (Lipinski definition) is 4. The molecule has 0 aliphatic heterocycles. The Bertz CT molecular complexity index is 1540. The van der Waals surface area contributed by atoms with Crippen molar-refractivity contribution in [3.8, 4) is 11.8 Å². The molecule has 4 N–H and O–H groups in total. The Kier molecular flexibility index (Phi) is 8.31. The zero-order chi connectivity index (χ0) is 28.8. The van der Waals surface area contributed by atoms with Gasteiger partial charge in [0.15, 0.2) is 17.5 Å². The number of ether oxygens (including phenoxy) is 1. The largest absolute Gasteiger partial charge is 0.465 e. The van der Waals surface area contributed by atoms with Gasteiger partial charge < -0.3 is 25.8 Å². The number of hydrogen-bond acceptors (Lipinski definition) is 9. The number of carboxylic acid groups (broad SMARTS) is 1. The Morgan fingerprint density at radius 1 is 1.20 bits per heavy atom. The van der Waals surface area contributed by atoms with Crippen molar-refractivity contribution in [2.24, 2.45) is 0 Å². The van der Waals surface area contributed by atoms with E-state index in [1.54, 1.807) is 24.7 Å². The van der Waals surface area contributed by atoms with Gasteiger partial charge in [0.2, 0.25) is 0 Å². The molecule has 12 nitrogen and oxygen atoms in total. The number of aryl methyl sites for hydroxylation is 1. The van der Waals surface area contributed by atoms with E-state index in [1.165, 1.54) is 4.80 Å². The molecule has 0 spiro atoms. The number of aromatic nitrogens is 5. The number of halogens is 1. The second-order valence-corrected chi connectivity index (χ2v) is 9.59. The third-order valence-electron chi connectivity index (χ3n) is 6.81. The first-order valence-electron chi connectivity index (χ1n) is 13.0. The molecule has 1 amide bonds. The lowest BCUT2D eigenvalue weighted by atomic mass is 9.87. The highest BCUT2D eigenvalue weighted by Crippen LogP contribution is 2.29. The standard InChI is InChI=1S/C28H28FN9O3/c1-17-23(38-32-10-11-33-38)13-20(15-31-17)34-26-19(14-30)12-21(29)27(37-26)35-22-8-5-9-24(25(22)36-28(39)40)41-16-18-6-3-2-4-7-18/h2-4,6-7,10-13,15,22,24-25,36H,5,8-9,16H2,1H3,(H,39,40)(H2,34,35,37). The fourth-order valence-electron chi connectivity index (χ4n) is 4.84. The Balaban J connectivity index is 1.38. The lowest BCUT2D eigenvalue weighted by Crippen LogP contribution is -2.56. The number of anilines is 3. The average Bonchev–Trinajstić information content (AvgIpc) is 3.51. The highest BCUT2D eigenvalue weighted by Gasteiger charge is 2.36. The van der Waals surface area contributed by atoms with Crippen LogP contribution >= 0.6 is 0 Å². The monoisotopic (exact) mass is 557 g/mol. The number of nitrogens with zero attached hydrogens (tertiary/aromatic N) is 6. The molecule has 1 aliphatic rings. The molecule has 3 aromatic heterocycles. The third kappa shape index (κ3) is 6.56. The van der Waals surface area contributed by atoms with Crippen molar-refractivity contribution < 1.29 is 19.0 Å². The van der Waals surface area contributed by atoms with Crippen molar-refractivity contribution in [2.75, 3.05) is 10.6 Å². The Hall–Kier alpha value is -5.09. The number of nitriles is 1. The maximum absolute atomic E-state index is 15.2. The first-order valence-corrected chi connectivity index (χ1v) is 13.0. The van der Waals surface area contributed by atoms with Gasteiger partial charge in [0.25, 0.3) is 0 Å². The van der Waals surface area contributed by atoms with Crippen LogP contribution in [0.4, 0.5) is 26.5 Å². The molecule has 5 rings (SSSR count). The van der Waals surface area contributed by atoms with Gasteiger partial charge in [-0.05, 0) is 43.9 Å². The van der Waals surface area contributed by atoms with Gasteiger partial charge in [0.1, 0.15) is 11.8 Å². The van der Waals surface area contributed by atoms with E-state index < -0.39 is 30.1 Å². The van der Waals surface area contributed by atoms with E-state index in [-0.39, 0.29) is 17.2 Å². The van der Waals surface area contributed by atoms with Crippen LogP contribution in [0.2, 0.25) is 0 Å². The number of rotatable bonds is 9. The van der Waals surface area contributed by atoms with Gasteiger partial charge >= 0.3 is 6.09 Å². The summed E-state index contributed by atoms with van der Waals surface area (Å²) in [6.07, 6.45) is 4.93. The van der Waals surface area contributed by atoms with Crippen LogP contribution in [0, 0.1) is 24.1 Å². The normalized spacial score (nSPS) is 18.3. The van der Waals surface area contributed by atoms with Crippen LogP contribution in [0.15, 0.2) is 61.1 Å². The average molecular weight is 558 g/mol. The lowest BCUT2D eigenvalue weighted by Gasteiger charge is -2.38. The molecule has 41 heavy (non-hydrogen) atoms. The minimum atomic E-state index is -1.21. The zero-order valence-electron chi connectivity index (χ0n) is 22.2. The number of carbonyl (C=O) groups is 1. The number of amides is 1. The van der Waals surface area contributed by atoms with Gasteiger partial charge in [0, 0.05) is 0 Å². The molecular formula is C28H28FN9O3. The summed E-state index contributed by atoms with van der Waals surface area (Å²) >= 11 is 0. The molecule has 0 saturated heterocycles. The van der Waals surface area contributed by atoms with Gasteiger partial charge in [-0.15, -0.1) is 4.80 Å². The van der Waals surface area contributed by atoms with Gasteiger partial charge in [-0.25, -0.2) is 14.2 Å². The summed E-state index contributed by atoms with van der Waals surface area (Å²) in [5, 5.41) is 36.1. The van der Waals surface area contributed by atoms with E-state index in [2.05, 4.69) is 36.1 Å². The highest BCUT2D eigenvalue weighted by atomic mass is 19.1. The number of nitrogens with one attached hydrogen (secondary N) is 3. The summed E-state index contributed by atoms with van der Waals surface area (Å²) in [5.74, 6) is -0.750. The molecule has 4 aromatic rings.